The Kier molecular flexibility index (Phi) is 2.54. The van der Waals surface area contributed by atoms with Crippen LogP contribution in [0.25, 0.3) is 6.08 Å². The third-order valence-corrected chi connectivity index (χ3v) is 3.30. The van der Waals surface area contributed by atoms with Gasteiger partial charge in [0.15, 0.2) is 0 Å². The van der Waals surface area contributed by atoms with Gasteiger partial charge in [-0.1, -0.05) is 30.4 Å². The summed E-state index contributed by atoms with van der Waals surface area (Å²) in [4.78, 5) is 1.29. The molecule has 12 heavy (non-hydrogen) atoms. The van der Waals surface area contributed by atoms with Gasteiger partial charge in [0.2, 0.25) is 0 Å². The molecule has 1 aromatic carbocycles. The molecule has 0 unspecified atom stereocenters. The Bertz CT molecular complexity index is 311. The van der Waals surface area contributed by atoms with Crippen LogP contribution in [-0.2, 0) is 0 Å². The Balaban J connectivity index is 2.41. The zero-order chi connectivity index (χ0) is 8.39. The van der Waals surface area contributed by atoms with Crippen LogP contribution in [0.15, 0.2) is 35.2 Å². The van der Waals surface area contributed by atoms with Gasteiger partial charge in [0.05, 0.1) is 0 Å². The summed E-state index contributed by atoms with van der Waals surface area (Å²) in [6.45, 7) is 0.930. The number of halogens is 1. The molecule has 1 nitrogen and oxygen atoms in total. The molecule has 1 aliphatic heterocycles. The van der Waals surface area contributed by atoms with Gasteiger partial charge in [-0.25, -0.2) is 0 Å². The molecular weight excluding hydrogens is 234 g/mol. The highest BCUT2D eigenvalue weighted by Crippen LogP contribution is 2.31. The van der Waals surface area contributed by atoms with Crippen LogP contribution in [0.3, 0.4) is 0 Å². The van der Waals surface area contributed by atoms with Gasteiger partial charge in [-0.05, 0) is 23.6 Å². The van der Waals surface area contributed by atoms with Crippen LogP contribution >= 0.6 is 28.1 Å². The lowest BCUT2D eigenvalue weighted by Gasteiger charge is -2.08. The molecule has 0 N–H and O–H groups in total. The molecule has 0 saturated carbocycles. The number of rotatable bonds is 0. The molecule has 1 heterocycles. The number of benzene rings is 1. The van der Waals surface area contributed by atoms with Crippen molar-refractivity contribution < 1.29 is 0 Å². The summed E-state index contributed by atoms with van der Waals surface area (Å²) in [6.07, 6.45) is 4.30. The van der Waals surface area contributed by atoms with Crippen LogP contribution in [0, 0.1) is 0 Å². The highest BCUT2D eigenvalue weighted by Gasteiger charge is 2.07. The third-order valence-electron chi connectivity index (χ3n) is 1.66. The average molecular weight is 242 g/mol. The standard InChI is InChI=1S/C9H8BrNS/c10-11-7-3-5-8-4-1-2-6-9(8)12-11/h1-6H,7H2. The van der Waals surface area contributed by atoms with E-state index in [1.54, 1.807) is 11.9 Å². The average Bonchev–Trinajstić information content (AvgIpc) is 2.25. The Hall–Kier alpha value is -0.250. The first kappa shape index (κ1) is 8.35. The van der Waals surface area contributed by atoms with Gasteiger partial charge in [0.25, 0.3) is 0 Å². The molecule has 0 atom stereocenters. The van der Waals surface area contributed by atoms with Crippen LogP contribution in [0.1, 0.15) is 5.56 Å². The summed E-state index contributed by atoms with van der Waals surface area (Å²) in [5, 5.41) is 0. The summed E-state index contributed by atoms with van der Waals surface area (Å²) < 4.78 is 2.04. The molecule has 0 spiro atoms. The maximum atomic E-state index is 3.45. The van der Waals surface area contributed by atoms with E-state index in [4.69, 9.17) is 0 Å². The van der Waals surface area contributed by atoms with E-state index < -0.39 is 0 Å². The number of nitrogens with zero attached hydrogens (tertiary/aromatic N) is 1. The first-order chi connectivity index (χ1) is 5.86. The predicted molar refractivity (Wildman–Crippen MR) is 57.0 cm³/mol. The molecule has 0 aromatic heterocycles. The topological polar surface area (TPSA) is 3.24 Å². The lowest BCUT2D eigenvalue weighted by molar-refractivity contribution is 0.873. The monoisotopic (exact) mass is 241 g/mol. The quantitative estimate of drug-likeness (QED) is 0.507. The van der Waals surface area contributed by atoms with E-state index in [1.165, 1.54) is 10.5 Å². The second-order valence-corrected chi connectivity index (χ2v) is 4.92. The molecular formula is C9H8BrNS. The van der Waals surface area contributed by atoms with Crippen molar-refractivity contribution in [3.8, 4) is 0 Å². The maximum Gasteiger partial charge on any atom is 0.0393 e. The van der Waals surface area contributed by atoms with Crippen LogP contribution in [0.2, 0.25) is 0 Å². The van der Waals surface area contributed by atoms with E-state index in [9.17, 15) is 0 Å². The fourth-order valence-corrected chi connectivity index (χ4v) is 2.50. The predicted octanol–water partition coefficient (Wildman–Crippen LogP) is 3.33. The fourth-order valence-electron chi connectivity index (χ4n) is 1.11. The Morgan fingerprint density at radius 2 is 2.17 bits per heavy atom. The number of hydrogen-bond acceptors (Lipinski definition) is 2. The maximum absolute atomic E-state index is 3.45. The van der Waals surface area contributed by atoms with E-state index in [0.717, 1.165) is 6.54 Å². The first-order valence-corrected chi connectivity index (χ1v) is 5.21. The normalized spacial score (nSPS) is 17.1. The number of hydrogen-bond donors (Lipinski definition) is 0. The molecule has 0 fully saturated rings. The second kappa shape index (κ2) is 3.64. The van der Waals surface area contributed by atoms with Crippen molar-refractivity contribution >= 4 is 34.2 Å². The van der Waals surface area contributed by atoms with E-state index in [1.807, 2.05) is 3.33 Å². The molecule has 0 amide bonds. The van der Waals surface area contributed by atoms with Crippen LogP contribution in [0.5, 0.6) is 0 Å². The minimum Gasteiger partial charge on any atom is -0.178 e. The summed E-state index contributed by atoms with van der Waals surface area (Å²) in [5.74, 6) is 0. The van der Waals surface area contributed by atoms with Crippen molar-refractivity contribution in [2.45, 2.75) is 4.90 Å². The minimum absolute atomic E-state index is 0.930. The lowest BCUT2D eigenvalue weighted by Crippen LogP contribution is -1.97. The van der Waals surface area contributed by atoms with Gasteiger partial charge in [-0.3, -0.25) is 0 Å². The summed E-state index contributed by atoms with van der Waals surface area (Å²) in [7, 11) is 0. The molecule has 1 aliphatic rings. The van der Waals surface area contributed by atoms with Crippen molar-refractivity contribution in [1.29, 1.82) is 0 Å². The Morgan fingerprint density at radius 1 is 1.33 bits per heavy atom. The van der Waals surface area contributed by atoms with Crippen molar-refractivity contribution in [3.63, 3.8) is 0 Å². The first-order valence-electron chi connectivity index (χ1n) is 3.73. The zero-order valence-corrected chi connectivity index (χ0v) is 8.81. The summed E-state index contributed by atoms with van der Waals surface area (Å²) in [5.41, 5.74) is 1.30. The van der Waals surface area contributed by atoms with Gasteiger partial charge in [0, 0.05) is 27.6 Å². The molecule has 3 heteroatoms. The van der Waals surface area contributed by atoms with Crippen LogP contribution < -0.4 is 0 Å². The van der Waals surface area contributed by atoms with Crippen molar-refractivity contribution in [2.75, 3.05) is 6.54 Å². The number of fused-ring (bicyclic) bond motifs is 1. The molecule has 0 radical (unpaired) electrons. The molecule has 0 aliphatic carbocycles. The minimum atomic E-state index is 0.930. The Labute approximate surface area is 84.9 Å². The SMILES string of the molecule is BrN1CC=Cc2ccccc2S1. The molecule has 0 bridgehead atoms. The van der Waals surface area contributed by atoms with Gasteiger partial charge < -0.3 is 0 Å². The van der Waals surface area contributed by atoms with Crippen LogP contribution in [0.4, 0.5) is 0 Å². The largest absolute Gasteiger partial charge is 0.178 e. The van der Waals surface area contributed by atoms with Crippen molar-refractivity contribution in [1.82, 2.24) is 3.33 Å². The molecule has 62 valence electrons. The van der Waals surface area contributed by atoms with Crippen LogP contribution in [-0.4, -0.2) is 9.88 Å². The van der Waals surface area contributed by atoms with E-state index in [2.05, 4.69) is 52.6 Å². The zero-order valence-electron chi connectivity index (χ0n) is 6.40. The Morgan fingerprint density at radius 3 is 3.08 bits per heavy atom. The smallest absolute Gasteiger partial charge is 0.0393 e. The highest BCUT2D eigenvalue weighted by molar-refractivity contribution is 9.09. The van der Waals surface area contributed by atoms with Crippen molar-refractivity contribution in [2.24, 2.45) is 0 Å². The summed E-state index contributed by atoms with van der Waals surface area (Å²) >= 11 is 5.17. The van der Waals surface area contributed by atoms with E-state index in [0.29, 0.717) is 0 Å². The lowest BCUT2D eigenvalue weighted by atomic mass is 10.2. The van der Waals surface area contributed by atoms with Crippen molar-refractivity contribution in [3.05, 3.63) is 35.9 Å². The molecule has 0 saturated heterocycles. The fraction of sp³-hybridized carbons (Fsp3) is 0.111. The van der Waals surface area contributed by atoms with E-state index in [-0.39, 0.29) is 0 Å². The molecule has 2 rings (SSSR count). The van der Waals surface area contributed by atoms with Gasteiger partial charge >= 0.3 is 0 Å². The van der Waals surface area contributed by atoms with E-state index >= 15 is 0 Å². The van der Waals surface area contributed by atoms with Gasteiger partial charge in [-0.2, -0.15) is 3.33 Å². The van der Waals surface area contributed by atoms with Gasteiger partial charge in [-0.15, -0.1) is 0 Å². The van der Waals surface area contributed by atoms with Gasteiger partial charge in [0.1, 0.15) is 0 Å². The molecule has 1 aromatic rings. The third kappa shape index (κ3) is 1.73. The summed E-state index contributed by atoms with van der Waals surface area (Å²) in [6, 6.07) is 8.38. The second-order valence-electron chi connectivity index (χ2n) is 2.53. The highest BCUT2D eigenvalue weighted by atomic mass is 79.9.